The highest BCUT2D eigenvalue weighted by molar-refractivity contribution is 5.21. The second-order valence-corrected chi connectivity index (χ2v) is 6.13. The topological polar surface area (TPSA) is 29.9 Å². The molecule has 1 aromatic carbocycles. The zero-order valence-corrected chi connectivity index (χ0v) is 12.5. The molecule has 0 aliphatic carbocycles. The summed E-state index contributed by atoms with van der Waals surface area (Å²) in [6.45, 7) is 9.18. The van der Waals surface area contributed by atoms with Gasteiger partial charge in [-0.1, -0.05) is 12.1 Å². The molecular weight excluding hydrogens is 253 g/mol. The van der Waals surface area contributed by atoms with Crippen LogP contribution < -0.4 is 5.32 Å². The van der Waals surface area contributed by atoms with Crippen LogP contribution in [0, 0.1) is 5.82 Å². The Morgan fingerprint density at radius 1 is 1.35 bits per heavy atom. The summed E-state index contributed by atoms with van der Waals surface area (Å²) in [5.41, 5.74) is 2.09. The first-order chi connectivity index (χ1) is 9.37. The summed E-state index contributed by atoms with van der Waals surface area (Å²) in [5, 5.41) is 3.45. The number of nitrogens with zero attached hydrogens (tertiary/aromatic N) is 2. The Morgan fingerprint density at radius 2 is 2.10 bits per heavy atom. The lowest BCUT2D eigenvalue weighted by atomic mass is 10.1. The average Bonchev–Trinajstić information content (AvgIpc) is 2.83. The monoisotopic (exact) mass is 275 g/mol. The molecule has 0 radical (unpaired) electrons. The first-order valence-electron chi connectivity index (χ1n) is 6.88. The lowest BCUT2D eigenvalue weighted by Crippen LogP contribution is -2.35. The van der Waals surface area contributed by atoms with Gasteiger partial charge in [0, 0.05) is 18.3 Å². The third kappa shape index (κ3) is 3.67. The van der Waals surface area contributed by atoms with E-state index in [1.54, 1.807) is 18.5 Å². The van der Waals surface area contributed by atoms with Gasteiger partial charge in [-0.25, -0.2) is 9.37 Å². The van der Waals surface area contributed by atoms with Crippen molar-refractivity contribution < 1.29 is 4.39 Å². The van der Waals surface area contributed by atoms with E-state index < -0.39 is 0 Å². The zero-order chi connectivity index (χ0) is 14.8. The molecule has 20 heavy (non-hydrogen) atoms. The molecule has 0 aliphatic rings. The quantitative estimate of drug-likeness (QED) is 0.925. The third-order valence-electron chi connectivity index (χ3n) is 3.29. The molecule has 0 saturated heterocycles. The number of hydrogen-bond donors (Lipinski definition) is 1. The fourth-order valence-corrected chi connectivity index (χ4v) is 2.10. The van der Waals surface area contributed by atoms with Crippen LogP contribution in [0.3, 0.4) is 0 Å². The SMILES string of the molecule is CC(c1cccc(F)c1)n1cncc1CNC(C)(C)C. The molecule has 1 N–H and O–H groups in total. The minimum Gasteiger partial charge on any atom is -0.326 e. The highest BCUT2D eigenvalue weighted by Crippen LogP contribution is 2.20. The van der Waals surface area contributed by atoms with Gasteiger partial charge in [0.2, 0.25) is 0 Å². The molecule has 0 spiro atoms. The predicted molar refractivity (Wildman–Crippen MR) is 79.0 cm³/mol. The van der Waals surface area contributed by atoms with Crippen molar-refractivity contribution in [3.05, 3.63) is 53.9 Å². The van der Waals surface area contributed by atoms with Crippen molar-refractivity contribution in [1.29, 1.82) is 0 Å². The van der Waals surface area contributed by atoms with Crippen LogP contribution in [0.15, 0.2) is 36.8 Å². The molecule has 2 rings (SSSR count). The Labute approximate surface area is 119 Å². The number of aromatic nitrogens is 2. The van der Waals surface area contributed by atoms with Gasteiger partial charge in [0.1, 0.15) is 5.82 Å². The summed E-state index contributed by atoms with van der Waals surface area (Å²) in [4.78, 5) is 4.22. The molecule has 0 fully saturated rings. The molecule has 108 valence electrons. The lowest BCUT2D eigenvalue weighted by Gasteiger charge is -2.22. The molecule has 0 saturated carbocycles. The summed E-state index contributed by atoms with van der Waals surface area (Å²) >= 11 is 0. The van der Waals surface area contributed by atoms with Crippen molar-refractivity contribution in [3.8, 4) is 0 Å². The van der Waals surface area contributed by atoms with E-state index in [1.165, 1.54) is 6.07 Å². The van der Waals surface area contributed by atoms with E-state index in [4.69, 9.17) is 0 Å². The molecule has 0 amide bonds. The van der Waals surface area contributed by atoms with E-state index in [1.807, 2.05) is 12.3 Å². The van der Waals surface area contributed by atoms with Crippen molar-refractivity contribution in [2.24, 2.45) is 0 Å². The van der Waals surface area contributed by atoms with Crippen molar-refractivity contribution in [2.45, 2.75) is 45.8 Å². The first-order valence-corrected chi connectivity index (χ1v) is 6.88. The van der Waals surface area contributed by atoms with E-state index in [0.29, 0.717) is 0 Å². The molecule has 1 unspecified atom stereocenters. The second kappa shape index (κ2) is 5.75. The standard InChI is InChI=1S/C16H22FN3/c1-12(13-6-5-7-14(17)8-13)20-11-18-9-15(20)10-19-16(2,3)4/h5-9,11-12,19H,10H2,1-4H3. The number of hydrogen-bond acceptors (Lipinski definition) is 2. The van der Waals surface area contributed by atoms with Crippen LogP contribution in [0.1, 0.15) is 45.0 Å². The Hall–Kier alpha value is -1.68. The highest BCUT2D eigenvalue weighted by atomic mass is 19.1. The van der Waals surface area contributed by atoms with E-state index >= 15 is 0 Å². The molecule has 4 heteroatoms. The summed E-state index contributed by atoms with van der Waals surface area (Å²) in [5.74, 6) is -0.205. The molecule has 1 aromatic heterocycles. The second-order valence-electron chi connectivity index (χ2n) is 6.13. The Morgan fingerprint density at radius 3 is 2.75 bits per heavy atom. The van der Waals surface area contributed by atoms with Gasteiger partial charge in [0.15, 0.2) is 0 Å². The number of benzene rings is 1. The van der Waals surface area contributed by atoms with Crippen molar-refractivity contribution in [1.82, 2.24) is 14.9 Å². The maximum absolute atomic E-state index is 13.3. The number of halogens is 1. The van der Waals surface area contributed by atoms with E-state index in [2.05, 4.69) is 42.6 Å². The third-order valence-corrected chi connectivity index (χ3v) is 3.29. The molecule has 0 bridgehead atoms. The molecule has 3 nitrogen and oxygen atoms in total. The summed E-state index contributed by atoms with van der Waals surface area (Å²) in [6, 6.07) is 6.78. The molecule has 2 aromatic rings. The normalized spacial score (nSPS) is 13.4. The van der Waals surface area contributed by atoms with Crippen LogP contribution >= 0.6 is 0 Å². The van der Waals surface area contributed by atoms with Crippen LogP contribution in [0.2, 0.25) is 0 Å². The van der Waals surface area contributed by atoms with Gasteiger partial charge in [0.05, 0.1) is 18.1 Å². The van der Waals surface area contributed by atoms with E-state index in [-0.39, 0.29) is 17.4 Å². The Bertz CT molecular complexity index is 569. The fourth-order valence-electron chi connectivity index (χ4n) is 2.10. The Balaban J connectivity index is 2.19. The van der Waals surface area contributed by atoms with Crippen LogP contribution in [-0.4, -0.2) is 15.1 Å². The number of rotatable bonds is 4. The van der Waals surface area contributed by atoms with Gasteiger partial charge in [0.25, 0.3) is 0 Å². The van der Waals surface area contributed by atoms with E-state index in [0.717, 1.165) is 17.8 Å². The zero-order valence-electron chi connectivity index (χ0n) is 12.5. The maximum atomic E-state index is 13.3. The lowest BCUT2D eigenvalue weighted by molar-refractivity contribution is 0.413. The highest BCUT2D eigenvalue weighted by Gasteiger charge is 2.14. The van der Waals surface area contributed by atoms with Gasteiger partial charge in [-0.2, -0.15) is 0 Å². The predicted octanol–water partition coefficient (Wildman–Crippen LogP) is 3.52. The van der Waals surface area contributed by atoms with Crippen molar-refractivity contribution in [2.75, 3.05) is 0 Å². The molecule has 0 aliphatic heterocycles. The largest absolute Gasteiger partial charge is 0.326 e. The minimum atomic E-state index is -0.205. The van der Waals surface area contributed by atoms with Gasteiger partial charge in [-0.05, 0) is 45.4 Å². The first kappa shape index (κ1) is 14.7. The average molecular weight is 275 g/mol. The molecular formula is C16H22FN3. The van der Waals surface area contributed by atoms with Crippen LogP contribution in [0.4, 0.5) is 4.39 Å². The van der Waals surface area contributed by atoms with Gasteiger partial charge < -0.3 is 9.88 Å². The van der Waals surface area contributed by atoms with Gasteiger partial charge in [-0.15, -0.1) is 0 Å². The van der Waals surface area contributed by atoms with Crippen molar-refractivity contribution in [3.63, 3.8) is 0 Å². The summed E-state index contributed by atoms with van der Waals surface area (Å²) in [7, 11) is 0. The van der Waals surface area contributed by atoms with Crippen LogP contribution in [0.25, 0.3) is 0 Å². The molecule has 1 heterocycles. The van der Waals surface area contributed by atoms with Gasteiger partial charge in [-0.3, -0.25) is 0 Å². The fraction of sp³-hybridized carbons (Fsp3) is 0.438. The summed E-state index contributed by atoms with van der Waals surface area (Å²) in [6.07, 6.45) is 3.66. The minimum absolute atomic E-state index is 0.0528. The van der Waals surface area contributed by atoms with Crippen LogP contribution in [-0.2, 0) is 6.54 Å². The van der Waals surface area contributed by atoms with Crippen molar-refractivity contribution >= 4 is 0 Å². The van der Waals surface area contributed by atoms with Gasteiger partial charge >= 0.3 is 0 Å². The van der Waals surface area contributed by atoms with Crippen LogP contribution in [0.5, 0.6) is 0 Å². The number of imidazole rings is 1. The molecule has 1 atom stereocenters. The van der Waals surface area contributed by atoms with E-state index in [9.17, 15) is 4.39 Å². The smallest absolute Gasteiger partial charge is 0.123 e. The Kier molecular flexibility index (Phi) is 4.23. The number of nitrogens with one attached hydrogen (secondary N) is 1. The summed E-state index contributed by atoms with van der Waals surface area (Å²) < 4.78 is 15.4. The maximum Gasteiger partial charge on any atom is 0.123 e.